The number of rotatable bonds is 4. The molecule has 0 spiro atoms. The van der Waals surface area contributed by atoms with Crippen molar-refractivity contribution < 1.29 is 18.0 Å². The second-order valence-corrected chi connectivity index (χ2v) is 6.92. The molecule has 1 saturated heterocycles. The maximum absolute atomic E-state index is 13.8. The molecule has 1 amide bonds. The number of hydrogen-bond donors (Lipinski definition) is 0. The van der Waals surface area contributed by atoms with Crippen LogP contribution in [0.1, 0.15) is 21.6 Å². The summed E-state index contributed by atoms with van der Waals surface area (Å²) in [7, 11) is 0. The highest BCUT2D eigenvalue weighted by molar-refractivity contribution is 5.95. The SMILES string of the molecule is O=C(c1cnn(-c2ncccn2)c1C(F)(F)F)N1CCN(Cc2ccccc2)CC1. The Morgan fingerprint density at radius 3 is 2.27 bits per heavy atom. The van der Waals surface area contributed by atoms with Crippen LogP contribution in [0.2, 0.25) is 0 Å². The largest absolute Gasteiger partial charge is 0.434 e. The van der Waals surface area contributed by atoms with Crippen molar-refractivity contribution in [2.45, 2.75) is 12.7 Å². The van der Waals surface area contributed by atoms with Gasteiger partial charge in [0, 0.05) is 45.1 Å². The Labute approximate surface area is 170 Å². The fourth-order valence-corrected chi connectivity index (χ4v) is 3.45. The van der Waals surface area contributed by atoms with Crippen LogP contribution in [0.3, 0.4) is 0 Å². The summed E-state index contributed by atoms with van der Waals surface area (Å²) in [5, 5.41) is 3.75. The standard InChI is InChI=1S/C20H19F3N6O/c21-20(22,23)17-16(13-26-29(17)19-24-7-4-8-25-19)18(30)28-11-9-27(10-12-28)14-15-5-2-1-3-6-15/h1-8,13H,9-12,14H2. The van der Waals surface area contributed by atoms with E-state index in [0.717, 1.165) is 18.3 Å². The van der Waals surface area contributed by atoms with E-state index in [4.69, 9.17) is 0 Å². The average Bonchev–Trinajstić information content (AvgIpc) is 3.21. The Kier molecular flexibility index (Phi) is 5.49. The van der Waals surface area contributed by atoms with Gasteiger partial charge in [0.1, 0.15) is 0 Å². The van der Waals surface area contributed by atoms with Crippen LogP contribution < -0.4 is 0 Å². The number of amides is 1. The first kappa shape index (κ1) is 20.0. The quantitative estimate of drug-likeness (QED) is 0.654. The summed E-state index contributed by atoms with van der Waals surface area (Å²) in [6.07, 6.45) is -1.21. The van der Waals surface area contributed by atoms with Gasteiger partial charge in [-0.25, -0.2) is 9.97 Å². The van der Waals surface area contributed by atoms with Gasteiger partial charge in [0.25, 0.3) is 11.9 Å². The van der Waals surface area contributed by atoms with Crippen LogP contribution in [0.15, 0.2) is 55.0 Å². The van der Waals surface area contributed by atoms with Crippen LogP contribution >= 0.6 is 0 Å². The van der Waals surface area contributed by atoms with Crippen molar-refractivity contribution in [3.05, 3.63) is 71.8 Å². The van der Waals surface area contributed by atoms with Gasteiger partial charge < -0.3 is 4.90 Å². The fraction of sp³-hybridized carbons (Fsp3) is 0.300. The van der Waals surface area contributed by atoms with Gasteiger partial charge in [0.2, 0.25) is 0 Å². The van der Waals surface area contributed by atoms with Crippen LogP contribution in [0.5, 0.6) is 0 Å². The highest BCUT2D eigenvalue weighted by Gasteiger charge is 2.42. The summed E-state index contributed by atoms with van der Waals surface area (Å²) in [5.41, 5.74) is -0.502. The maximum Gasteiger partial charge on any atom is 0.434 e. The van der Waals surface area contributed by atoms with Gasteiger partial charge >= 0.3 is 6.18 Å². The average molecular weight is 416 g/mol. The Bertz CT molecular complexity index is 998. The lowest BCUT2D eigenvalue weighted by Crippen LogP contribution is -2.48. The van der Waals surface area contributed by atoms with E-state index < -0.39 is 23.3 Å². The number of alkyl halides is 3. The van der Waals surface area contributed by atoms with Gasteiger partial charge in [-0.1, -0.05) is 30.3 Å². The lowest BCUT2D eigenvalue weighted by atomic mass is 10.1. The highest BCUT2D eigenvalue weighted by atomic mass is 19.4. The minimum absolute atomic E-state index is 0.239. The molecule has 1 aliphatic rings. The molecule has 0 unspecified atom stereocenters. The Balaban J connectivity index is 1.51. The number of halogens is 3. The molecule has 4 rings (SSSR count). The van der Waals surface area contributed by atoms with Crippen molar-refractivity contribution in [1.29, 1.82) is 0 Å². The van der Waals surface area contributed by atoms with Crippen molar-refractivity contribution >= 4 is 5.91 Å². The van der Waals surface area contributed by atoms with Gasteiger partial charge in [-0.05, 0) is 11.6 Å². The zero-order chi connectivity index (χ0) is 21.1. The minimum atomic E-state index is -4.78. The van der Waals surface area contributed by atoms with E-state index >= 15 is 0 Å². The molecule has 3 heterocycles. The van der Waals surface area contributed by atoms with Crippen LogP contribution in [0.25, 0.3) is 5.95 Å². The number of aromatic nitrogens is 4. The second-order valence-electron chi connectivity index (χ2n) is 6.92. The lowest BCUT2D eigenvalue weighted by molar-refractivity contribution is -0.143. The first-order chi connectivity index (χ1) is 14.4. The van der Waals surface area contributed by atoms with Crippen molar-refractivity contribution in [3.63, 3.8) is 0 Å². The van der Waals surface area contributed by atoms with E-state index in [9.17, 15) is 18.0 Å². The number of hydrogen-bond acceptors (Lipinski definition) is 5. The van der Waals surface area contributed by atoms with Gasteiger partial charge in [0.15, 0.2) is 5.69 Å². The number of benzene rings is 1. The smallest absolute Gasteiger partial charge is 0.336 e. The summed E-state index contributed by atoms with van der Waals surface area (Å²) in [4.78, 5) is 24.1. The molecule has 3 aromatic rings. The van der Waals surface area contributed by atoms with Crippen LogP contribution in [0.4, 0.5) is 13.2 Å². The zero-order valence-corrected chi connectivity index (χ0v) is 16.0. The molecular weight excluding hydrogens is 397 g/mol. The summed E-state index contributed by atoms with van der Waals surface area (Å²) in [6, 6.07) is 11.4. The third kappa shape index (κ3) is 4.18. The van der Waals surface area contributed by atoms with Crippen molar-refractivity contribution in [1.82, 2.24) is 29.5 Å². The summed E-state index contributed by atoms with van der Waals surface area (Å²) in [6.45, 7) is 2.59. The lowest BCUT2D eigenvalue weighted by Gasteiger charge is -2.34. The molecule has 156 valence electrons. The first-order valence-electron chi connectivity index (χ1n) is 9.41. The third-order valence-corrected chi connectivity index (χ3v) is 4.92. The Hall–Kier alpha value is -3.27. The summed E-state index contributed by atoms with van der Waals surface area (Å²) >= 11 is 0. The molecule has 1 aliphatic heterocycles. The number of carbonyl (C=O) groups is 1. The highest BCUT2D eigenvalue weighted by Crippen LogP contribution is 2.33. The van der Waals surface area contributed by atoms with E-state index in [2.05, 4.69) is 20.0 Å². The van der Waals surface area contributed by atoms with Gasteiger partial charge in [0.05, 0.1) is 11.8 Å². The molecule has 0 bridgehead atoms. The van der Waals surface area contributed by atoms with Gasteiger partial charge in [-0.15, -0.1) is 0 Å². The normalized spacial score (nSPS) is 15.4. The van der Waals surface area contributed by atoms with Crippen LogP contribution in [-0.2, 0) is 12.7 Å². The van der Waals surface area contributed by atoms with E-state index in [1.165, 1.54) is 23.4 Å². The molecule has 10 heteroatoms. The molecule has 0 radical (unpaired) electrons. The topological polar surface area (TPSA) is 67.2 Å². The van der Waals surface area contributed by atoms with Crippen LogP contribution in [0, 0.1) is 0 Å². The van der Waals surface area contributed by atoms with E-state index in [1.54, 1.807) is 0 Å². The van der Waals surface area contributed by atoms with E-state index in [-0.39, 0.29) is 5.95 Å². The molecule has 7 nitrogen and oxygen atoms in total. The molecule has 1 aromatic carbocycles. The van der Waals surface area contributed by atoms with E-state index in [0.29, 0.717) is 30.9 Å². The maximum atomic E-state index is 13.8. The predicted molar refractivity (Wildman–Crippen MR) is 102 cm³/mol. The van der Waals surface area contributed by atoms with Crippen molar-refractivity contribution in [2.75, 3.05) is 26.2 Å². The van der Waals surface area contributed by atoms with Crippen molar-refractivity contribution in [3.8, 4) is 5.95 Å². The predicted octanol–water partition coefficient (Wildman–Crippen LogP) is 2.64. The van der Waals surface area contributed by atoms with E-state index in [1.807, 2.05) is 30.3 Å². The van der Waals surface area contributed by atoms with Crippen LogP contribution in [-0.4, -0.2) is 61.6 Å². The van der Waals surface area contributed by atoms with Gasteiger partial charge in [-0.3, -0.25) is 9.69 Å². The number of nitrogens with zero attached hydrogens (tertiary/aromatic N) is 6. The molecule has 0 atom stereocenters. The fourth-order valence-electron chi connectivity index (χ4n) is 3.45. The summed E-state index contributed by atoms with van der Waals surface area (Å²) < 4.78 is 41.9. The molecule has 2 aromatic heterocycles. The molecule has 0 N–H and O–H groups in total. The number of piperazine rings is 1. The zero-order valence-electron chi connectivity index (χ0n) is 16.0. The Morgan fingerprint density at radius 1 is 0.967 bits per heavy atom. The van der Waals surface area contributed by atoms with Gasteiger partial charge in [-0.2, -0.15) is 23.0 Å². The third-order valence-electron chi connectivity index (χ3n) is 4.92. The van der Waals surface area contributed by atoms with Crippen molar-refractivity contribution in [2.24, 2.45) is 0 Å². The molecule has 0 aliphatic carbocycles. The summed E-state index contributed by atoms with van der Waals surface area (Å²) in [5.74, 6) is -0.930. The molecule has 1 fully saturated rings. The molecular formula is C20H19F3N6O. The monoisotopic (exact) mass is 416 g/mol. The molecule has 30 heavy (non-hydrogen) atoms. The Morgan fingerprint density at radius 2 is 1.63 bits per heavy atom. The second kappa shape index (κ2) is 8.23. The number of carbonyl (C=O) groups excluding carboxylic acids is 1. The molecule has 0 saturated carbocycles. The first-order valence-corrected chi connectivity index (χ1v) is 9.41. The minimum Gasteiger partial charge on any atom is -0.336 e.